The number of carboxylic acid groups (broad SMARTS) is 1. The molecule has 0 fully saturated rings. The summed E-state index contributed by atoms with van der Waals surface area (Å²) in [5.74, 6) is -1.19. The van der Waals surface area contributed by atoms with E-state index in [1.54, 1.807) is 6.92 Å². The lowest BCUT2D eigenvalue weighted by Gasteiger charge is -2.17. The van der Waals surface area contributed by atoms with Gasteiger partial charge in [-0.15, -0.1) is 0 Å². The summed E-state index contributed by atoms with van der Waals surface area (Å²) >= 11 is 0. The Hall–Kier alpha value is -1.34. The topological polar surface area (TPSA) is 130 Å². The number of aliphatic hydroxyl groups excluding tert-OH is 2. The van der Waals surface area contributed by atoms with Crippen molar-refractivity contribution in [3.63, 3.8) is 0 Å². The van der Waals surface area contributed by atoms with Gasteiger partial charge in [0.1, 0.15) is 5.41 Å². The summed E-state index contributed by atoms with van der Waals surface area (Å²) in [6.45, 7) is 2.24. The molecule has 0 aromatic heterocycles. The largest absolute Gasteiger partial charge is 0.481 e. The number of aliphatic hydroxyl groups is 2. The molecule has 0 atom stereocenters. The molecule has 0 aliphatic carbocycles. The normalized spacial score (nSPS) is 9.87. The Labute approximate surface area is 87.5 Å². The first-order chi connectivity index (χ1) is 6.83. The van der Waals surface area contributed by atoms with Gasteiger partial charge in [-0.1, -0.05) is 0 Å². The van der Waals surface area contributed by atoms with E-state index in [0.717, 1.165) is 0 Å². The fourth-order valence-electron chi connectivity index (χ4n) is 0.328. The molecule has 0 aromatic rings. The molecular formula is C8H17NO6. The van der Waals surface area contributed by atoms with Crippen molar-refractivity contribution in [1.29, 1.82) is 0 Å². The number of primary amides is 1. The predicted molar refractivity (Wildman–Crippen MR) is 51.1 cm³/mol. The minimum Gasteiger partial charge on any atom is -0.481 e. The number of hydrogen-bond acceptors (Lipinski definition) is 5. The summed E-state index contributed by atoms with van der Waals surface area (Å²) in [4.78, 5) is 19.8. The number of carbonyl (C=O) groups excluding carboxylic acids is 1. The fraction of sp³-hybridized carbons (Fsp3) is 0.750. The molecule has 0 aliphatic heterocycles. The molecule has 0 unspecified atom stereocenters. The minimum atomic E-state index is -1.39. The average molecular weight is 223 g/mol. The standard InChI is InChI=1S/C5H10O4.C3H7NO2/c1-5(2-6,3-7)4(8)9;1-2-6-3(4)5/h6-7H,2-3H2,1H3,(H,8,9);2H2,1H3,(H2,4,5). The van der Waals surface area contributed by atoms with E-state index in [-0.39, 0.29) is 0 Å². The van der Waals surface area contributed by atoms with Crippen molar-refractivity contribution < 1.29 is 29.6 Å². The number of hydrogen-bond donors (Lipinski definition) is 4. The molecule has 0 radical (unpaired) electrons. The van der Waals surface area contributed by atoms with Crippen molar-refractivity contribution in [2.24, 2.45) is 11.1 Å². The van der Waals surface area contributed by atoms with Crippen LogP contribution in [-0.2, 0) is 9.53 Å². The maximum Gasteiger partial charge on any atom is 0.404 e. The molecule has 0 saturated carbocycles. The molecule has 5 N–H and O–H groups in total. The van der Waals surface area contributed by atoms with Crippen LogP contribution in [0.1, 0.15) is 13.8 Å². The van der Waals surface area contributed by atoms with Gasteiger partial charge in [-0.3, -0.25) is 4.79 Å². The third-order valence-corrected chi connectivity index (χ3v) is 1.50. The highest BCUT2D eigenvalue weighted by Gasteiger charge is 2.31. The summed E-state index contributed by atoms with van der Waals surface area (Å²) in [5, 5.41) is 25.1. The van der Waals surface area contributed by atoms with E-state index in [1.807, 2.05) is 0 Å². The van der Waals surface area contributed by atoms with Crippen LogP contribution in [0.3, 0.4) is 0 Å². The Balaban J connectivity index is 0. The fourth-order valence-corrected chi connectivity index (χ4v) is 0.328. The highest BCUT2D eigenvalue weighted by Crippen LogP contribution is 2.12. The first kappa shape index (κ1) is 16.1. The number of nitrogens with two attached hydrogens (primary N) is 1. The van der Waals surface area contributed by atoms with Crippen LogP contribution >= 0.6 is 0 Å². The van der Waals surface area contributed by atoms with Gasteiger partial charge in [0, 0.05) is 0 Å². The first-order valence-electron chi connectivity index (χ1n) is 4.21. The zero-order chi connectivity index (χ0) is 12.5. The van der Waals surface area contributed by atoms with E-state index in [4.69, 9.17) is 15.3 Å². The van der Waals surface area contributed by atoms with Gasteiger partial charge in [0.2, 0.25) is 0 Å². The van der Waals surface area contributed by atoms with Gasteiger partial charge in [-0.25, -0.2) is 4.79 Å². The summed E-state index contributed by atoms with van der Waals surface area (Å²) in [6, 6.07) is 0. The molecule has 15 heavy (non-hydrogen) atoms. The molecule has 0 saturated heterocycles. The van der Waals surface area contributed by atoms with Gasteiger partial charge >= 0.3 is 12.1 Å². The quantitative estimate of drug-likeness (QED) is 0.491. The molecular weight excluding hydrogens is 206 g/mol. The van der Waals surface area contributed by atoms with Crippen LogP contribution in [0.2, 0.25) is 0 Å². The Morgan fingerprint density at radius 2 is 1.73 bits per heavy atom. The van der Waals surface area contributed by atoms with Gasteiger partial charge in [0.15, 0.2) is 0 Å². The maximum atomic E-state index is 10.2. The monoisotopic (exact) mass is 223 g/mol. The molecule has 0 bridgehead atoms. The second-order valence-electron chi connectivity index (χ2n) is 2.93. The Kier molecular flexibility index (Phi) is 8.60. The highest BCUT2D eigenvalue weighted by molar-refractivity contribution is 5.74. The average Bonchev–Trinajstić information content (AvgIpc) is 2.17. The lowest BCUT2D eigenvalue weighted by Crippen LogP contribution is -2.35. The number of rotatable bonds is 4. The van der Waals surface area contributed by atoms with Crippen molar-refractivity contribution in [1.82, 2.24) is 0 Å². The molecule has 0 heterocycles. The van der Waals surface area contributed by atoms with E-state index in [2.05, 4.69) is 10.5 Å². The van der Waals surface area contributed by atoms with Crippen LogP contribution in [0.25, 0.3) is 0 Å². The number of carbonyl (C=O) groups is 2. The van der Waals surface area contributed by atoms with Crippen LogP contribution < -0.4 is 5.73 Å². The van der Waals surface area contributed by atoms with Gasteiger partial charge < -0.3 is 25.8 Å². The number of amides is 1. The SMILES string of the molecule is CC(CO)(CO)C(=O)O.CCOC(N)=O. The predicted octanol–water partition coefficient (Wildman–Crippen LogP) is -0.836. The van der Waals surface area contributed by atoms with Gasteiger partial charge in [-0.05, 0) is 13.8 Å². The van der Waals surface area contributed by atoms with E-state index >= 15 is 0 Å². The van der Waals surface area contributed by atoms with Gasteiger partial charge in [0.05, 0.1) is 19.8 Å². The third-order valence-electron chi connectivity index (χ3n) is 1.50. The van der Waals surface area contributed by atoms with Crippen LogP contribution in [0.5, 0.6) is 0 Å². The molecule has 1 amide bonds. The van der Waals surface area contributed by atoms with Crippen molar-refractivity contribution >= 4 is 12.1 Å². The van der Waals surface area contributed by atoms with E-state index in [0.29, 0.717) is 6.61 Å². The zero-order valence-corrected chi connectivity index (χ0v) is 8.77. The minimum absolute atomic E-state index is 0.356. The molecule has 0 aromatic carbocycles. The van der Waals surface area contributed by atoms with Gasteiger partial charge in [0.25, 0.3) is 0 Å². The van der Waals surface area contributed by atoms with Gasteiger partial charge in [-0.2, -0.15) is 0 Å². The maximum absolute atomic E-state index is 10.2. The molecule has 90 valence electrons. The van der Waals surface area contributed by atoms with Crippen molar-refractivity contribution in [3.8, 4) is 0 Å². The molecule has 0 spiro atoms. The summed E-state index contributed by atoms with van der Waals surface area (Å²) in [7, 11) is 0. The number of aliphatic carboxylic acids is 1. The summed E-state index contributed by atoms with van der Waals surface area (Å²) < 4.78 is 4.18. The summed E-state index contributed by atoms with van der Waals surface area (Å²) in [5.41, 5.74) is 3.15. The lowest BCUT2D eigenvalue weighted by atomic mass is 9.94. The Morgan fingerprint density at radius 1 is 1.33 bits per heavy atom. The highest BCUT2D eigenvalue weighted by atomic mass is 16.5. The molecule has 7 heteroatoms. The van der Waals surface area contributed by atoms with E-state index in [1.165, 1.54) is 6.92 Å². The Morgan fingerprint density at radius 3 is 1.73 bits per heavy atom. The van der Waals surface area contributed by atoms with Crippen LogP contribution in [0, 0.1) is 5.41 Å². The van der Waals surface area contributed by atoms with Crippen LogP contribution in [-0.4, -0.2) is 47.2 Å². The zero-order valence-electron chi connectivity index (χ0n) is 8.77. The van der Waals surface area contributed by atoms with E-state index in [9.17, 15) is 9.59 Å². The first-order valence-corrected chi connectivity index (χ1v) is 4.21. The molecule has 0 rings (SSSR count). The lowest BCUT2D eigenvalue weighted by molar-refractivity contribution is -0.152. The third kappa shape index (κ3) is 7.71. The summed E-state index contributed by atoms with van der Waals surface area (Å²) in [6.07, 6.45) is -0.711. The van der Waals surface area contributed by atoms with Crippen molar-refractivity contribution in [2.45, 2.75) is 13.8 Å². The molecule has 7 nitrogen and oxygen atoms in total. The number of ether oxygens (including phenoxy) is 1. The van der Waals surface area contributed by atoms with Crippen molar-refractivity contribution in [3.05, 3.63) is 0 Å². The van der Waals surface area contributed by atoms with Crippen molar-refractivity contribution in [2.75, 3.05) is 19.8 Å². The molecule has 0 aliphatic rings. The van der Waals surface area contributed by atoms with Crippen LogP contribution in [0.4, 0.5) is 4.79 Å². The smallest absolute Gasteiger partial charge is 0.404 e. The second kappa shape index (κ2) is 8.01. The number of carboxylic acids is 1. The van der Waals surface area contributed by atoms with Crippen LogP contribution in [0.15, 0.2) is 0 Å². The van der Waals surface area contributed by atoms with E-state index < -0.39 is 30.7 Å². The Bertz CT molecular complexity index is 201. The second-order valence-corrected chi connectivity index (χ2v) is 2.93.